The van der Waals surface area contributed by atoms with Gasteiger partial charge in [-0.2, -0.15) is 0 Å². The fraction of sp³-hybridized carbons (Fsp3) is 0.190. The van der Waals surface area contributed by atoms with Crippen molar-refractivity contribution >= 4 is 17.4 Å². The lowest BCUT2D eigenvalue weighted by Crippen LogP contribution is -2.37. The number of nitrogens with zero attached hydrogens (tertiary/aromatic N) is 5. The van der Waals surface area contributed by atoms with Crippen LogP contribution in [0.4, 0.5) is 14.6 Å². The first kappa shape index (κ1) is 19.4. The molecule has 30 heavy (non-hydrogen) atoms. The number of aromatic nitrogens is 3. The Morgan fingerprint density at radius 1 is 1.33 bits per heavy atom. The smallest absolute Gasteiger partial charge is 0.288 e. The van der Waals surface area contributed by atoms with Crippen LogP contribution in [0.25, 0.3) is 4.85 Å². The maximum Gasteiger partial charge on any atom is 0.288 e. The highest BCUT2D eigenvalue weighted by Crippen LogP contribution is 2.34. The van der Waals surface area contributed by atoms with Crippen LogP contribution in [0.2, 0.25) is 0 Å². The van der Waals surface area contributed by atoms with E-state index in [0.29, 0.717) is 11.4 Å². The number of carbonyl (C=O) groups excluding carboxylic acids is 1. The van der Waals surface area contributed by atoms with E-state index in [1.54, 1.807) is 23.8 Å². The number of ketones is 1. The second-order valence-electron chi connectivity index (χ2n) is 7.21. The molecule has 1 aliphatic rings. The highest BCUT2D eigenvalue weighted by atomic mass is 19.1. The van der Waals surface area contributed by atoms with Gasteiger partial charge in [0, 0.05) is 18.2 Å². The lowest BCUT2D eigenvalue weighted by molar-refractivity contribution is 0.0988. The minimum absolute atomic E-state index is 0.0284. The largest absolute Gasteiger partial charge is 0.379 e. The van der Waals surface area contributed by atoms with Crippen molar-refractivity contribution in [1.29, 1.82) is 0 Å². The van der Waals surface area contributed by atoms with E-state index in [1.807, 2.05) is 0 Å². The van der Waals surface area contributed by atoms with E-state index >= 15 is 0 Å². The van der Waals surface area contributed by atoms with E-state index in [4.69, 9.17) is 12.3 Å². The molecule has 1 unspecified atom stereocenters. The van der Waals surface area contributed by atoms with Crippen molar-refractivity contribution in [1.82, 2.24) is 14.5 Å². The van der Waals surface area contributed by atoms with Crippen LogP contribution in [0.1, 0.15) is 34.4 Å². The zero-order chi connectivity index (χ0) is 21.5. The standard InChI is InChI=1S/C21H16F2N6O/c1-21(11-29-10-18(25-2)27-20(29)19(24)28-21)14-7-12(3-5-15(14)23)8-17(30)16-6-4-13(22)9-26-16/h3-7,9-10H,8,11H2,1H3,(H2,24,28). The van der Waals surface area contributed by atoms with Crippen LogP contribution in [-0.4, -0.2) is 26.2 Å². The summed E-state index contributed by atoms with van der Waals surface area (Å²) >= 11 is 0. The molecule has 0 amide bonds. The van der Waals surface area contributed by atoms with E-state index < -0.39 is 17.2 Å². The third-order valence-corrected chi connectivity index (χ3v) is 4.94. The third-order valence-electron chi connectivity index (χ3n) is 4.94. The summed E-state index contributed by atoms with van der Waals surface area (Å²) < 4.78 is 29.5. The first-order valence-electron chi connectivity index (χ1n) is 9.03. The summed E-state index contributed by atoms with van der Waals surface area (Å²) in [7, 11) is 0. The predicted octanol–water partition coefficient (Wildman–Crippen LogP) is 3.17. The number of Topliss-reactive ketones (excluding diaryl/α,β-unsaturated/α-hetero) is 1. The van der Waals surface area contributed by atoms with Gasteiger partial charge in [-0.1, -0.05) is 17.6 Å². The minimum atomic E-state index is -1.05. The number of fused-ring (bicyclic) bond motifs is 1. The zero-order valence-electron chi connectivity index (χ0n) is 15.9. The molecular weight excluding hydrogens is 390 g/mol. The summed E-state index contributed by atoms with van der Waals surface area (Å²) in [5.74, 6) is -0.680. The number of amidine groups is 1. The molecule has 0 aliphatic carbocycles. The summed E-state index contributed by atoms with van der Waals surface area (Å²) in [4.78, 5) is 28.1. The second-order valence-corrected chi connectivity index (χ2v) is 7.21. The number of pyridine rings is 1. The van der Waals surface area contributed by atoms with Gasteiger partial charge in [-0.3, -0.25) is 14.8 Å². The number of rotatable bonds is 4. The van der Waals surface area contributed by atoms with Gasteiger partial charge in [0.05, 0.1) is 12.7 Å². The van der Waals surface area contributed by atoms with Crippen molar-refractivity contribution in [2.45, 2.75) is 25.4 Å². The SMILES string of the molecule is [C-]#[N+]c1cn2c(n1)C(N)=NC(C)(c1cc(CC(=O)c3ccc(F)cn3)ccc1F)C2. The molecule has 0 saturated carbocycles. The summed E-state index contributed by atoms with van der Waals surface area (Å²) in [6.45, 7) is 9.08. The molecule has 4 rings (SSSR count). The number of halogens is 2. The van der Waals surface area contributed by atoms with Crippen LogP contribution >= 0.6 is 0 Å². The van der Waals surface area contributed by atoms with Crippen molar-refractivity contribution in [3.63, 3.8) is 0 Å². The van der Waals surface area contributed by atoms with Crippen molar-refractivity contribution in [2.24, 2.45) is 10.7 Å². The normalized spacial score (nSPS) is 17.7. The number of carbonyl (C=O) groups is 1. The average molecular weight is 406 g/mol. The number of benzene rings is 1. The lowest BCUT2D eigenvalue weighted by Gasteiger charge is -2.31. The number of hydrogen-bond acceptors (Lipinski definition) is 5. The monoisotopic (exact) mass is 406 g/mol. The Labute approximate surface area is 170 Å². The molecule has 1 aromatic carbocycles. The Bertz CT molecular complexity index is 1230. The van der Waals surface area contributed by atoms with Crippen LogP contribution in [0, 0.1) is 18.2 Å². The highest BCUT2D eigenvalue weighted by Gasteiger charge is 2.36. The Morgan fingerprint density at radius 3 is 2.83 bits per heavy atom. The van der Waals surface area contributed by atoms with Gasteiger partial charge in [0.15, 0.2) is 11.6 Å². The number of aliphatic imine (C=N–C) groups is 1. The summed E-state index contributed by atoms with van der Waals surface area (Å²) in [5, 5.41) is 0. The van der Waals surface area contributed by atoms with Crippen LogP contribution < -0.4 is 5.73 Å². The molecule has 0 radical (unpaired) electrons. The van der Waals surface area contributed by atoms with Gasteiger partial charge in [-0.25, -0.2) is 8.78 Å². The molecule has 1 atom stereocenters. The van der Waals surface area contributed by atoms with Gasteiger partial charge in [0.1, 0.15) is 22.9 Å². The summed E-state index contributed by atoms with van der Waals surface area (Å²) in [6.07, 6.45) is 2.50. The van der Waals surface area contributed by atoms with Crippen molar-refractivity contribution in [3.05, 3.63) is 88.4 Å². The van der Waals surface area contributed by atoms with Gasteiger partial charge >= 0.3 is 0 Å². The molecule has 0 fully saturated rings. The topological polar surface area (TPSA) is 90.5 Å². The van der Waals surface area contributed by atoms with Crippen molar-refractivity contribution < 1.29 is 13.6 Å². The highest BCUT2D eigenvalue weighted by molar-refractivity contribution is 5.96. The fourth-order valence-corrected chi connectivity index (χ4v) is 3.52. The molecule has 7 nitrogen and oxygen atoms in total. The molecule has 2 aromatic heterocycles. The summed E-state index contributed by atoms with van der Waals surface area (Å²) in [5.41, 5.74) is 5.95. The van der Waals surface area contributed by atoms with Gasteiger partial charge in [-0.05, 0) is 36.8 Å². The number of hydrogen-bond donors (Lipinski definition) is 1. The number of nitrogens with two attached hydrogens (primary N) is 1. The molecule has 9 heteroatoms. The van der Waals surface area contributed by atoms with E-state index in [9.17, 15) is 13.6 Å². The molecular formula is C21H16F2N6O. The number of imidazole rings is 1. The third kappa shape index (κ3) is 3.43. The Morgan fingerprint density at radius 2 is 2.13 bits per heavy atom. The van der Waals surface area contributed by atoms with Crippen molar-refractivity contribution in [3.8, 4) is 0 Å². The lowest BCUT2D eigenvalue weighted by atomic mass is 9.88. The van der Waals surface area contributed by atoms with Gasteiger partial charge in [0.25, 0.3) is 11.6 Å². The van der Waals surface area contributed by atoms with E-state index in [1.165, 1.54) is 18.2 Å². The first-order chi connectivity index (χ1) is 14.3. The van der Waals surface area contributed by atoms with E-state index in [0.717, 1.165) is 12.3 Å². The average Bonchev–Trinajstić information content (AvgIpc) is 3.13. The molecule has 3 heterocycles. The molecule has 150 valence electrons. The minimum Gasteiger partial charge on any atom is -0.379 e. The van der Waals surface area contributed by atoms with Gasteiger partial charge in [-0.15, -0.1) is 0 Å². The van der Waals surface area contributed by atoms with Gasteiger partial charge < -0.3 is 15.1 Å². The van der Waals surface area contributed by atoms with Crippen LogP contribution in [0.15, 0.2) is 47.7 Å². The Kier molecular flexibility index (Phi) is 4.62. The first-order valence-corrected chi connectivity index (χ1v) is 9.03. The molecule has 0 spiro atoms. The van der Waals surface area contributed by atoms with Gasteiger partial charge in [0.2, 0.25) is 0 Å². The maximum absolute atomic E-state index is 14.8. The molecule has 0 saturated heterocycles. The van der Waals surface area contributed by atoms with E-state index in [2.05, 4.69) is 19.8 Å². The predicted molar refractivity (Wildman–Crippen MR) is 105 cm³/mol. The second kappa shape index (κ2) is 7.15. The molecule has 0 bridgehead atoms. The molecule has 3 aromatic rings. The fourth-order valence-electron chi connectivity index (χ4n) is 3.52. The zero-order valence-corrected chi connectivity index (χ0v) is 15.9. The quantitative estimate of drug-likeness (QED) is 0.532. The Balaban J connectivity index is 1.66. The van der Waals surface area contributed by atoms with E-state index in [-0.39, 0.29) is 41.7 Å². The molecule has 1 aliphatic heterocycles. The molecule has 2 N–H and O–H groups in total. The summed E-state index contributed by atoms with van der Waals surface area (Å²) in [6, 6.07) is 6.84. The Hall–Kier alpha value is -3.93. The van der Waals surface area contributed by atoms with Crippen LogP contribution in [0.5, 0.6) is 0 Å². The van der Waals surface area contributed by atoms with Crippen molar-refractivity contribution in [2.75, 3.05) is 0 Å². The van der Waals surface area contributed by atoms with Crippen LogP contribution in [-0.2, 0) is 18.5 Å². The van der Waals surface area contributed by atoms with Crippen LogP contribution in [0.3, 0.4) is 0 Å². The maximum atomic E-state index is 14.8.